The lowest BCUT2D eigenvalue weighted by molar-refractivity contribution is 0.0697. The molecule has 1 heterocycles. The number of rotatable bonds is 7. The van der Waals surface area contributed by atoms with Crippen LogP contribution in [0.4, 0.5) is 0 Å². The van der Waals surface area contributed by atoms with Gasteiger partial charge in [-0.1, -0.05) is 37.6 Å². The van der Waals surface area contributed by atoms with Gasteiger partial charge in [-0.25, -0.2) is 18.2 Å². The third kappa shape index (κ3) is 4.41. The molecule has 6 nitrogen and oxygen atoms in total. The maximum atomic E-state index is 12.2. The molecule has 0 aliphatic rings. The highest BCUT2D eigenvalue weighted by Gasteiger charge is 2.18. The van der Waals surface area contributed by atoms with E-state index in [0.29, 0.717) is 5.56 Å². The number of aromatic nitrogens is 2. The summed E-state index contributed by atoms with van der Waals surface area (Å²) in [6.07, 6.45) is 3.95. The summed E-state index contributed by atoms with van der Waals surface area (Å²) in [6.45, 7) is 4.07. The van der Waals surface area contributed by atoms with E-state index in [2.05, 4.69) is 6.92 Å². The molecule has 0 atom stereocenters. The van der Waals surface area contributed by atoms with Gasteiger partial charge in [-0.3, -0.25) is 4.57 Å². The van der Waals surface area contributed by atoms with Crippen molar-refractivity contribution in [3.05, 3.63) is 77.6 Å². The number of hydrogen-bond donors (Lipinski definition) is 1. The van der Waals surface area contributed by atoms with Gasteiger partial charge < -0.3 is 5.11 Å². The van der Waals surface area contributed by atoms with Crippen LogP contribution < -0.4 is 0 Å². The highest BCUT2D eigenvalue weighted by molar-refractivity contribution is 7.90. The monoisotopic (exact) mass is 462 g/mol. The van der Waals surface area contributed by atoms with Gasteiger partial charge in [-0.15, -0.1) is 0 Å². The minimum atomic E-state index is -3.36. The molecular weight excluding hydrogens is 436 g/mol. The first kappa shape index (κ1) is 22.7. The van der Waals surface area contributed by atoms with E-state index < -0.39 is 15.8 Å². The number of aromatic carboxylic acids is 1. The molecule has 3 aromatic carbocycles. The third-order valence-electron chi connectivity index (χ3n) is 5.79. The Bertz CT molecular complexity index is 1470. The highest BCUT2D eigenvalue weighted by atomic mass is 32.2. The number of carboxylic acids is 1. The average Bonchev–Trinajstić information content (AvgIpc) is 3.14. The Balaban J connectivity index is 1.91. The van der Waals surface area contributed by atoms with E-state index in [1.54, 1.807) is 30.3 Å². The van der Waals surface area contributed by atoms with Crippen LogP contribution in [-0.2, 0) is 16.3 Å². The maximum Gasteiger partial charge on any atom is 0.336 e. The highest BCUT2D eigenvalue weighted by Crippen LogP contribution is 2.31. The van der Waals surface area contributed by atoms with Crippen molar-refractivity contribution < 1.29 is 18.3 Å². The predicted molar refractivity (Wildman–Crippen MR) is 130 cm³/mol. The van der Waals surface area contributed by atoms with Crippen LogP contribution in [0.25, 0.3) is 27.8 Å². The average molecular weight is 463 g/mol. The van der Waals surface area contributed by atoms with Crippen molar-refractivity contribution in [2.45, 2.75) is 38.0 Å². The fourth-order valence-corrected chi connectivity index (χ4v) is 4.76. The molecule has 0 fully saturated rings. The number of sulfone groups is 1. The smallest absolute Gasteiger partial charge is 0.336 e. The Kier molecular flexibility index (Phi) is 6.08. The minimum absolute atomic E-state index is 0.252. The standard InChI is InChI=1S/C26H26N2O4S/c1-4-5-10-25-27-23-14-12-19(33(3,31)32)16-24(23)28(25)18-11-13-20(17(2)15-18)21-8-6-7-9-22(21)26(29)30/h6-9,11-16H,4-5,10H2,1-3H3,(H,29,30). The first-order valence-corrected chi connectivity index (χ1v) is 12.7. The normalized spacial score (nSPS) is 11.7. The maximum absolute atomic E-state index is 12.2. The summed E-state index contributed by atoms with van der Waals surface area (Å²) in [5.41, 5.74) is 5.02. The molecule has 1 aromatic heterocycles. The molecule has 0 spiro atoms. The van der Waals surface area contributed by atoms with Crippen molar-refractivity contribution >= 4 is 26.8 Å². The lowest BCUT2D eigenvalue weighted by Gasteiger charge is -2.14. The zero-order chi connectivity index (χ0) is 23.8. The van der Waals surface area contributed by atoms with Crippen molar-refractivity contribution in [3.63, 3.8) is 0 Å². The fraction of sp³-hybridized carbons (Fsp3) is 0.231. The van der Waals surface area contributed by atoms with E-state index in [0.717, 1.165) is 52.9 Å². The molecule has 170 valence electrons. The molecule has 33 heavy (non-hydrogen) atoms. The van der Waals surface area contributed by atoms with Crippen LogP contribution in [0, 0.1) is 6.92 Å². The van der Waals surface area contributed by atoms with Crippen LogP contribution in [0.15, 0.2) is 65.6 Å². The zero-order valence-corrected chi connectivity index (χ0v) is 19.7. The van der Waals surface area contributed by atoms with Crippen molar-refractivity contribution in [3.8, 4) is 16.8 Å². The van der Waals surface area contributed by atoms with Gasteiger partial charge in [-0.2, -0.15) is 0 Å². The van der Waals surface area contributed by atoms with E-state index in [1.165, 1.54) is 6.26 Å². The molecule has 4 aromatic rings. The third-order valence-corrected chi connectivity index (χ3v) is 6.90. The zero-order valence-electron chi connectivity index (χ0n) is 18.9. The van der Waals surface area contributed by atoms with Gasteiger partial charge in [0, 0.05) is 18.4 Å². The summed E-state index contributed by atoms with van der Waals surface area (Å²) in [5, 5.41) is 9.59. The summed E-state index contributed by atoms with van der Waals surface area (Å²) in [5.74, 6) is -0.0968. The summed E-state index contributed by atoms with van der Waals surface area (Å²) < 4.78 is 26.3. The van der Waals surface area contributed by atoms with Crippen molar-refractivity contribution in [2.24, 2.45) is 0 Å². The number of carbonyl (C=O) groups is 1. The molecule has 0 aliphatic carbocycles. The largest absolute Gasteiger partial charge is 0.478 e. The Morgan fingerprint density at radius 3 is 2.45 bits per heavy atom. The van der Waals surface area contributed by atoms with Gasteiger partial charge in [0.05, 0.1) is 21.5 Å². The van der Waals surface area contributed by atoms with Crippen molar-refractivity contribution in [2.75, 3.05) is 6.26 Å². The molecule has 4 rings (SSSR count). The van der Waals surface area contributed by atoms with E-state index in [4.69, 9.17) is 4.98 Å². The Morgan fingerprint density at radius 2 is 1.79 bits per heavy atom. The van der Waals surface area contributed by atoms with Crippen molar-refractivity contribution in [1.29, 1.82) is 0 Å². The second kappa shape index (κ2) is 8.83. The number of nitrogens with zero attached hydrogens (tertiary/aromatic N) is 2. The molecular formula is C26H26N2O4S. The molecule has 0 amide bonds. The molecule has 1 N–H and O–H groups in total. The van der Waals surface area contributed by atoms with Crippen molar-refractivity contribution in [1.82, 2.24) is 9.55 Å². The summed E-state index contributed by atoms with van der Waals surface area (Å²) in [4.78, 5) is 16.7. The van der Waals surface area contributed by atoms with Crippen LogP contribution >= 0.6 is 0 Å². The van der Waals surface area contributed by atoms with Crippen LogP contribution in [-0.4, -0.2) is 35.3 Å². The lowest BCUT2D eigenvalue weighted by atomic mass is 9.95. The molecule has 7 heteroatoms. The van der Waals surface area contributed by atoms with Gasteiger partial charge in [-0.05, 0) is 66.4 Å². The SMILES string of the molecule is CCCCc1nc2ccc(S(C)(=O)=O)cc2n1-c1ccc(-c2ccccc2C(=O)O)c(C)c1. The Morgan fingerprint density at radius 1 is 1.03 bits per heavy atom. The van der Waals surface area contributed by atoms with Crippen LogP contribution in [0.2, 0.25) is 0 Å². The second-order valence-corrected chi connectivity index (χ2v) is 10.3. The number of benzene rings is 3. The molecule has 0 saturated carbocycles. The molecule has 0 bridgehead atoms. The number of fused-ring (bicyclic) bond motifs is 1. The Labute approximate surface area is 193 Å². The van der Waals surface area contributed by atoms with Gasteiger partial charge in [0.2, 0.25) is 0 Å². The second-order valence-electron chi connectivity index (χ2n) is 8.24. The van der Waals surface area contributed by atoms with Crippen LogP contribution in [0.3, 0.4) is 0 Å². The van der Waals surface area contributed by atoms with Gasteiger partial charge >= 0.3 is 5.97 Å². The molecule has 0 aliphatic heterocycles. The lowest BCUT2D eigenvalue weighted by Crippen LogP contribution is -2.04. The quantitative estimate of drug-likeness (QED) is 0.395. The summed E-state index contributed by atoms with van der Waals surface area (Å²) >= 11 is 0. The van der Waals surface area contributed by atoms with Gasteiger partial charge in [0.1, 0.15) is 5.82 Å². The van der Waals surface area contributed by atoms with E-state index in [9.17, 15) is 18.3 Å². The summed E-state index contributed by atoms with van der Waals surface area (Å²) in [7, 11) is -3.36. The number of hydrogen-bond acceptors (Lipinski definition) is 4. The van der Waals surface area contributed by atoms with E-state index in [1.807, 2.05) is 41.8 Å². The number of unbranched alkanes of at least 4 members (excludes halogenated alkanes) is 1. The molecule has 0 saturated heterocycles. The van der Waals surface area contributed by atoms with E-state index in [-0.39, 0.29) is 10.5 Å². The first-order valence-electron chi connectivity index (χ1n) is 10.9. The summed E-state index contributed by atoms with van der Waals surface area (Å²) in [6, 6.07) is 17.8. The Hall–Kier alpha value is -3.45. The number of carboxylic acid groups (broad SMARTS) is 1. The van der Waals surface area contributed by atoms with Crippen LogP contribution in [0.1, 0.15) is 41.5 Å². The predicted octanol–water partition coefficient (Wildman–Crippen LogP) is 5.45. The van der Waals surface area contributed by atoms with Crippen LogP contribution in [0.5, 0.6) is 0 Å². The topological polar surface area (TPSA) is 89.3 Å². The number of imidazole rings is 1. The first-order chi connectivity index (χ1) is 15.7. The number of aryl methyl sites for hydroxylation is 2. The van der Waals surface area contributed by atoms with E-state index >= 15 is 0 Å². The van der Waals surface area contributed by atoms with Gasteiger partial charge in [0.15, 0.2) is 9.84 Å². The van der Waals surface area contributed by atoms with Gasteiger partial charge in [0.25, 0.3) is 0 Å². The fourth-order valence-electron chi connectivity index (χ4n) is 4.12. The minimum Gasteiger partial charge on any atom is -0.478 e. The molecule has 0 radical (unpaired) electrons. The molecule has 0 unspecified atom stereocenters.